The number of hydrogen-bond donors (Lipinski definition) is 2. The van der Waals surface area contributed by atoms with Crippen LogP contribution in [0.25, 0.3) is 10.8 Å². The maximum atomic E-state index is 12.4. The van der Waals surface area contributed by atoms with Gasteiger partial charge >= 0.3 is 11.9 Å². The third-order valence-electron chi connectivity index (χ3n) is 11.3. The Balaban J connectivity index is 0.000000250. The van der Waals surface area contributed by atoms with Crippen LogP contribution in [0.15, 0.2) is 146 Å². The van der Waals surface area contributed by atoms with Crippen LogP contribution < -0.4 is 43.8 Å². The van der Waals surface area contributed by atoms with Gasteiger partial charge in [0.2, 0.25) is 5.78 Å². The van der Waals surface area contributed by atoms with Crippen LogP contribution in [-0.4, -0.2) is 90.5 Å². The number of ether oxygens (including phenoxy) is 9. The number of hydrogen-bond acceptors (Lipinski definition) is 14. The first-order valence-electron chi connectivity index (χ1n) is 24.0. The lowest BCUT2D eigenvalue weighted by molar-refractivity contribution is -0.155. The fourth-order valence-corrected chi connectivity index (χ4v) is 6.91. The summed E-state index contributed by atoms with van der Waals surface area (Å²) in [5.74, 6) is 1.65. The average molecular weight is 1050 g/mol. The van der Waals surface area contributed by atoms with Crippen molar-refractivity contribution in [3.8, 4) is 40.2 Å². The van der Waals surface area contributed by atoms with Gasteiger partial charge in [-0.1, -0.05) is 85.8 Å². The predicted octanol–water partition coefficient (Wildman–Crippen LogP) is 10.6. The molecule has 7 aromatic carbocycles. The van der Waals surface area contributed by atoms with Crippen molar-refractivity contribution < 1.29 is 66.6 Å². The minimum atomic E-state index is -0.953. The van der Waals surface area contributed by atoms with E-state index in [0.717, 1.165) is 33.0 Å². The molecule has 0 saturated heterocycles. The van der Waals surface area contributed by atoms with Crippen molar-refractivity contribution in [2.75, 3.05) is 60.2 Å². The second kappa shape index (κ2) is 31.0. The molecule has 16 nitrogen and oxygen atoms in total. The number of amides is 2. The molecule has 0 radical (unpaired) electrons. The third kappa shape index (κ3) is 19.6. The van der Waals surface area contributed by atoms with Gasteiger partial charge in [-0.25, -0.2) is 9.59 Å². The summed E-state index contributed by atoms with van der Waals surface area (Å²) in [6.45, 7) is 8.96. The number of nitrogens with one attached hydrogen (secondary N) is 2. The number of methoxy groups -OCH3 is 4. The molecule has 0 fully saturated rings. The second-order valence-corrected chi connectivity index (χ2v) is 17.0. The molecule has 0 aliphatic rings. The van der Waals surface area contributed by atoms with Crippen molar-refractivity contribution in [2.24, 2.45) is 0 Å². The Morgan fingerprint density at radius 3 is 1.81 bits per heavy atom. The van der Waals surface area contributed by atoms with E-state index in [0.29, 0.717) is 52.5 Å². The van der Waals surface area contributed by atoms with Crippen LogP contribution in [0.3, 0.4) is 0 Å². The first-order chi connectivity index (χ1) is 36.6. The van der Waals surface area contributed by atoms with Gasteiger partial charge in [-0.05, 0) is 135 Å². The molecule has 1 atom stereocenters. The van der Waals surface area contributed by atoms with Crippen molar-refractivity contribution in [1.29, 1.82) is 0 Å². The smallest absolute Gasteiger partial charge is 0.344 e. The normalized spacial score (nSPS) is 10.5. The van der Waals surface area contributed by atoms with Gasteiger partial charge in [0.05, 0.1) is 34.0 Å². The molecule has 406 valence electrons. The summed E-state index contributed by atoms with van der Waals surface area (Å²) in [5, 5.41) is 7.57. The lowest BCUT2D eigenvalue weighted by Crippen LogP contribution is -2.31. The molecule has 77 heavy (non-hydrogen) atoms. The third-order valence-corrected chi connectivity index (χ3v) is 11.3. The van der Waals surface area contributed by atoms with Gasteiger partial charge in [0, 0.05) is 17.6 Å². The highest BCUT2D eigenvalue weighted by Crippen LogP contribution is 2.28. The number of carbonyl (C=O) groups is 5. The van der Waals surface area contributed by atoms with Crippen LogP contribution in [-0.2, 0) is 35.2 Å². The van der Waals surface area contributed by atoms with Gasteiger partial charge in [-0.15, -0.1) is 0 Å². The largest absolute Gasteiger partial charge is 0.497 e. The molecule has 0 heterocycles. The Morgan fingerprint density at radius 2 is 1.12 bits per heavy atom. The number of esters is 2. The fraction of sp³-hybridized carbons (Fsp3) is 0.262. The van der Waals surface area contributed by atoms with Crippen LogP contribution in [0.2, 0.25) is 0 Å². The van der Waals surface area contributed by atoms with Crippen LogP contribution in [0.5, 0.6) is 40.2 Å². The van der Waals surface area contributed by atoms with Crippen LogP contribution in [0.4, 0.5) is 5.69 Å². The molecule has 2 amide bonds. The van der Waals surface area contributed by atoms with E-state index in [4.69, 9.17) is 42.6 Å². The van der Waals surface area contributed by atoms with Crippen molar-refractivity contribution in [1.82, 2.24) is 5.32 Å². The summed E-state index contributed by atoms with van der Waals surface area (Å²) in [4.78, 5) is 60.3. The monoisotopic (exact) mass is 1050 g/mol. The molecule has 0 aromatic heterocycles. The number of anilines is 1. The van der Waals surface area contributed by atoms with Crippen LogP contribution >= 0.6 is 0 Å². The number of aryl methyl sites for hydroxylation is 4. The van der Waals surface area contributed by atoms with Crippen LogP contribution in [0.1, 0.15) is 52.5 Å². The zero-order chi connectivity index (χ0) is 55.0. The average Bonchev–Trinajstić information content (AvgIpc) is 3.44. The lowest BCUT2D eigenvalue weighted by Gasteiger charge is -2.15. The van der Waals surface area contributed by atoms with E-state index >= 15 is 0 Å². The topological polar surface area (TPSA) is 192 Å². The maximum absolute atomic E-state index is 12.4. The van der Waals surface area contributed by atoms with E-state index < -0.39 is 30.6 Å². The number of rotatable bonds is 21. The number of ketones is 1. The van der Waals surface area contributed by atoms with Gasteiger partial charge < -0.3 is 53.3 Å². The Bertz CT molecular complexity index is 3040. The highest BCUT2D eigenvalue weighted by Gasteiger charge is 2.20. The number of carbonyl (C=O) groups excluding carboxylic acids is 5. The Morgan fingerprint density at radius 1 is 0.506 bits per heavy atom. The molecule has 0 aliphatic carbocycles. The van der Waals surface area contributed by atoms with Crippen LogP contribution in [0, 0.1) is 27.7 Å². The maximum Gasteiger partial charge on any atom is 0.344 e. The molecule has 0 unspecified atom stereocenters. The van der Waals surface area contributed by atoms with E-state index in [9.17, 15) is 24.0 Å². The first-order valence-corrected chi connectivity index (χ1v) is 24.0. The number of benzene rings is 7. The molecular weight excluding hydrogens is 985 g/mol. The quantitative estimate of drug-likeness (QED) is 0.0510. The molecule has 0 bridgehead atoms. The standard InChI is InChI=1S/C22H21NO5.C20H22O6.C18H21NO3.CH4/c1-15(28-21(24)14-27-18-12-10-17(26-2)11-13-18)22(25)23-20-9-5-7-16-6-3-4-8-19(16)20;1-13-5-6-16(9-14(13)2)25-12-20(22)26-11-18(21)17-10-15(23-3)7-8-19(17)24-4;1-13-4-7-15(8-5-13)11-19-18(20)12-22-16-9-6-14(2)10-17(16)21-3;/h3-13,15H,14H2,1-2H3,(H,23,25);5-10H,11-12H2,1-4H3;4-10H,11-12H2,1-3H3,(H,19,20);1H4/t15-;;;/m0.../s1. The van der Waals surface area contributed by atoms with E-state index in [1.54, 1.807) is 68.8 Å². The van der Waals surface area contributed by atoms with E-state index in [1.807, 2.05) is 119 Å². The Hall–Kier alpha value is -9.05. The summed E-state index contributed by atoms with van der Waals surface area (Å²) in [6, 6.07) is 44.2. The SMILES string of the molecule is C.COc1cc(C)ccc1OCC(=O)NCc1ccc(C)cc1.COc1ccc(OC)c(C(=O)COC(=O)COc2ccc(C)c(C)c2)c1.COc1ccc(OCC(=O)O[C@@H](C)C(=O)Nc2cccc3ccccc23)cc1. The van der Waals surface area contributed by atoms with E-state index in [-0.39, 0.29) is 44.5 Å². The molecule has 0 aliphatic heterocycles. The van der Waals surface area contributed by atoms with Crippen molar-refractivity contribution in [2.45, 2.75) is 54.7 Å². The zero-order valence-electron chi connectivity index (χ0n) is 44.2. The van der Waals surface area contributed by atoms with E-state index in [2.05, 4.69) is 10.6 Å². The van der Waals surface area contributed by atoms with Gasteiger partial charge in [-0.2, -0.15) is 0 Å². The highest BCUT2D eigenvalue weighted by molar-refractivity contribution is 6.04. The fourth-order valence-electron chi connectivity index (χ4n) is 6.91. The van der Waals surface area contributed by atoms with E-state index in [1.165, 1.54) is 26.7 Å². The summed E-state index contributed by atoms with van der Waals surface area (Å²) in [5.41, 5.74) is 6.49. The molecular formula is C61H68N2O14. The predicted molar refractivity (Wildman–Crippen MR) is 296 cm³/mol. The van der Waals surface area contributed by atoms with Crippen molar-refractivity contribution in [3.05, 3.63) is 179 Å². The Labute approximate surface area is 450 Å². The zero-order valence-corrected chi connectivity index (χ0v) is 44.2. The van der Waals surface area contributed by atoms with Gasteiger partial charge in [0.25, 0.3) is 11.8 Å². The van der Waals surface area contributed by atoms with Crippen molar-refractivity contribution >= 4 is 46.0 Å². The summed E-state index contributed by atoms with van der Waals surface area (Å²) in [6.07, 6.45) is -0.953. The molecule has 0 spiro atoms. The number of Topliss-reactive ketones (excluding diaryl/α,β-unsaturated/α-hetero) is 1. The summed E-state index contributed by atoms with van der Waals surface area (Å²) in [7, 11) is 6.11. The summed E-state index contributed by atoms with van der Waals surface area (Å²) >= 11 is 0. The Kier molecular flexibility index (Phi) is 24.3. The number of fused-ring (bicyclic) bond motifs is 1. The van der Waals surface area contributed by atoms with Gasteiger partial charge in [-0.3, -0.25) is 14.4 Å². The second-order valence-electron chi connectivity index (χ2n) is 17.0. The molecule has 2 N–H and O–H groups in total. The molecule has 7 rings (SSSR count). The van der Waals surface area contributed by atoms with Gasteiger partial charge in [0.1, 0.15) is 28.7 Å². The molecule has 16 heteroatoms. The lowest BCUT2D eigenvalue weighted by atomic mass is 10.1. The highest BCUT2D eigenvalue weighted by atomic mass is 16.6. The minimum Gasteiger partial charge on any atom is -0.497 e. The van der Waals surface area contributed by atoms with Crippen molar-refractivity contribution in [3.63, 3.8) is 0 Å². The van der Waals surface area contributed by atoms with Gasteiger partial charge in [0.15, 0.2) is 44.0 Å². The summed E-state index contributed by atoms with van der Waals surface area (Å²) < 4.78 is 47.0. The molecule has 7 aromatic rings. The minimum absolute atomic E-state index is 0. The first kappa shape index (κ1) is 60.5. The molecule has 0 saturated carbocycles.